The van der Waals surface area contributed by atoms with E-state index in [4.69, 9.17) is 4.74 Å². The smallest absolute Gasteiger partial charge is 0.244 e. The molecule has 2 heterocycles. The van der Waals surface area contributed by atoms with Gasteiger partial charge >= 0.3 is 0 Å². The summed E-state index contributed by atoms with van der Waals surface area (Å²) in [4.78, 5) is 6.17. The number of aryl methyl sites for hydroxylation is 1. The van der Waals surface area contributed by atoms with Crippen LogP contribution < -0.4 is 9.46 Å². The normalized spacial score (nSPS) is 20.1. The fraction of sp³-hybridized carbons (Fsp3) is 0.500. The molecule has 4 rings (SSSR count). The minimum Gasteiger partial charge on any atom is -0.495 e. The highest BCUT2D eigenvalue weighted by Crippen LogP contribution is 2.36. The second-order valence-electron chi connectivity index (χ2n) is 8.85. The number of nitrogens with one attached hydrogen (secondary N) is 1. The third-order valence-corrected chi connectivity index (χ3v) is 8.69. The van der Waals surface area contributed by atoms with Crippen LogP contribution in [0.5, 0.6) is 5.75 Å². The topological polar surface area (TPSA) is 113 Å². The number of nitrogens with zero attached hydrogens (tertiary/aromatic N) is 2. The van der Waals surface area contributed by atoms with Crippen molar-refractivity contribution >= 4 is 26.3 Å². The maximum atomic E-state index is 13.3. The lowest BCUT2D eigenvalue weighted by molar-refractivity contribution is 0.0822. The van der Waals surface area contributed by atoms with E-state index in [0.717, 1.165) is 21.2 Å². The van der Waals surface area contributed by atoms with Gasteiger partial charge < -0.3 is 14.9 Å². The molecule has 0 spiro atoms. The van der Waals surface area contributed by atoms with E-state index in [9.17, 15) is 18.6 Å². The lowest BCUT2D eigenvalue weighted by atomic mass is 9.94. The third kappa shape index (κ3) is 4.42. The predicted molar refractivity (Wildman–Crippen MR) is 124 cm³/mol. The summed E-state index contributed by atoms with van der Waals surface area (Å²) >= 11 is 1.40. The number of thiazole rings is 1. The van der Waals surface area contributed by atoms with Crippen LogP contribution in [0, 0.1) is 6.92 Å². The number of aliphatic hydroxyl groups excluding tert-OH is 1. The zero-order valence-electron chi connectivity index (χ0n) is 18.6. The van der Waals surface area contributed by atoms with Crippen LogP contribution in [-0.2, 0) is 15.6 Å². The average Bonchev–Trinajstić information content (AvgIpc) is 3.26. The Labute approximate surface area is 191 Å². The summed E-state index contributed by atoms with van der Waals surface area (Å²) in [7, 11) is -2.40. The summed E-state index contributed by atoms with van der Waals surface area (Å²) in [5.74, 6) is 0.262. The molecule has 0 radical (unpaired) electrons. The van der Waals surface area contributed by atoms with Crippen LogP contribution in [0.4, 0.5) is 0 Å². The van der Waals surface area contributed by atoms with Crippen LogP contribution in [0.25, 0.3) is 16.2 Å². The van der Waals surface area contributed by atoms with E-state index in [1.807, 2.05) is 23.6 Å². The van der Waals surface area contributed by atoms with E-state index < -0.39 is 15.6 Å². The van der Waals surface area contributed by atoms with Gasteiger partial charge in [-0.2, -0.15) is 0 Å². The van der Waals surface area contributed by atoms with Crippen LogP contribution in [0.1, 0.15) is 50.1 Å². The van der Waals surface area contributed by atoms with Gasteiger partial charge in [0.25, 0.3) is 0 Å². The zero-order chi connectivity index (χ0) is 23.3. The molecule has 1 saturated carbocycles. The molecule has 8 nitrogen and oxygen atoms in total. The number of rotatable bonds is 6. The van der Waals surface area contributed by atoms with Crippen LogP contribution >= 0.6 is 11.3 Å². The number of aromatic nitrogens is 2. The fourth-order valence-corrected chi connectivity index (χ4v) is 6.62. The summed E-state index contributed by atoms with van der Waals surface area (Å²) in [5, 5.41) is 20.1. The maximum absolute atomic E-state index is 13.3. The Morgan fingerprint density at radius 2 is 1.94 bits per heavy atom. The van der Waals surface area contributed by atoms with Gasteiger partial charge in [-0.05, 0) is 64.7 Å². The first-order chi connectivity index (χ1) is 15.0. The molecule has 3 N–H and O–H groups in total. The Morgan fingerprint density at radius 3 is 2.56 bits per heavy atom. The van der Waals surface area contributed by atoms with Gasteiger partial charge in [0.2, 0.25) is 10.0 Å². The molecular formula is C22H29N3O5S2. The van der Waals surface area contributed by atoms with Crippen molar-refractivity contribution in [2.24, 2.45) is 0 Å². The average molecular weight is 480 g/mol. The fourth-order valence-electron chi connectivity index (χ4n) is 4.10. The molecule has 0 atom stereocenters. The lowest BCUT2D eigenvalue weighted by Gasteiger charge is -2.26. The first-order valence-electron chi connectivity index (χ1n) is 10.6. The van der Waals surface area contributed by atoms with Crippen molar-refractivity contribution in [2.75, 3.05) is 7.11 Å². The number of sulfonamides is 1. The van der Waals surface area contributed by atoms with Crippen LogP contribution in [0.15, 0.2) is 29.3 Å². The van der Waals surface area contributed by atoms with Crippen molar-refractivity contribution in [3.63, 3.8) is 0 Å². The minimum absolute atomic E-state index is 0.0657. The molecule has 1 aromatic carbocycles. The quantitative estimate of drug-likeness (QED) is 0.500. The third-order valence-electron chi connectivity index (χ3n) is 5.85. The standard InChI is InChI=1S/C22H29N3O5S2/c1-13-20(25-12-19(22(2,3)27)31-21(25)23-13)14-5-10-17(30-4)18(11-14)32(28,29)24-15-6-8-16(26)9-7-15/h5,10-12,15-16,24,26-27H,6-9H2,1-4H3. The second-order valence-corrected chi connectivity index (χ2v) is 11.5. The summed E-state index contributed by atoms with van der Waals surface area (Å²) in [5.41, 5.74) is 1.23. The summed E-state index contributed by atoms with van der Waals surface area (Å²) < 4.78 is 36.6. The predicted octanol–water partition coefficient (Wildman–Crippen LogP) is 3.19. The van der Waals surface area contributed by atoms with Crippen molar-refractivity contribution in [1.82, 2.24) is 14.1 Å². The Balaban J connectivity index is 1.75. The van der Waals surface area contributed by atoms with Gasteiger partial charge in [0.15, 0.2) is 4.96 Å². The molecule has 1 fully saturated rings. The van der Waals surface area contributed by atoms with Gasteiger partial charge in [-0.1, -0.05) is 11.3 Å². The van der Waals surface area contributed by atoms with Gasteiger partial charge in [-0.15, -0.1) is 0 Å². The molecule has 0 saturated heterocycles. The van der Waals surface area contributed by atoms with Gasteiger partial charge in [0.05, 0.1) is 35.1 Å². The van der Waals surface area contributed by atoms with E-state index >= 15 is 0 Å². The molecule has 0 aliphatic heterocycles. The highest BCUT2D eigenvalue weighted by Gasteiger charge is 2.28. The van der Waals surface area contributed by atoms with Crippen molar-refractivity contribution < 1.29 is 23.4 Å². The maximum Gasteiger partial charge on any atom is 0.244 e. The zero-order valence-corrected chi connectivity index (χ0v) is 20.3. The van der Waals surface area contributed by atoms with Gasteiger partial charge in [0, 0.05) is 17.8 Å². The molecule has 0 unspecified atom stereocenters. The van der Waals surface area contributed by atoms with E-state index in [2.05, 4.69) is 9.71 Å². The number of methoxy groups -OCH3 is 1. The molecule has 0 bridgehead atoms. The molecule has 174 valence electrons. The molecule has 2 aromatic heterocycles. The summed E-state index contributed by atoms with van der Waals surface area (Å²) in [6.07, 6.45) is 3.84. The molecule has 32 heavy (non-hydrogen) atoms. The summed E-state index contributed by atoms with van der Waals surface area (Å²) in [6, 6.07) is 4.85. The number of imidazole rings is 1. The van der Waals surface area contributed by atoms with Crippen molar-refractivity contribution in [3.05, 3.63) is 35.0 Å². The number of ether oxygens (including phenoxy) is 1. The first-order valence-corrected chi connectivity index (χ1v) is 12.9. The van der Waals surface area contributed by atoms with E-state index in [-0.39, 0.29) is 22.8 Å². The van der Waals surface area contributed by atoms with E-state index in [0.29, 0.717) is 31.2 Å². The Hall–Kier alpha value is -1.98. The minimum atomic E-state index is -3.84. The monoisotopic (exact) mass is 479 g/mol. The highest BCUT2D eigenvalue weighted by atomic mass is 32.2. The Morgan fingerprint density at radius 1 is 1.25 bits per heavy atom. The van der Waals surface area contributed by atoms with Gasteiger partial charge in [-0.3, -0.25) is 4.40 Å². The molecule has 0 amide bonds. The number of hydrogen-bond donors (Lipinski definition) is 3. The van der Waals surface area contributed by atoms with E-state index in [1.54, 1.807) is 26.0 Å². The van der Waals surface area contributed by atoms with Crippen LogP contribution in [-0.4, -0.2) is 47.3 Å². The SMILES string of the molecule is COc1ccc(-c2c(C)nc3sc(C(C)(C)O)cn23)cc1S(=O)(=O)NC1CCC(O)CC1. The highest BCUT2D eigenvalue weighted by molar-refractivity contribution is 7.89. The van der Waals surface area contributed by atoms with Crippen molar-refractivity contribution in [2.45, 2.75) is 69.1 Å². The molecule has 1 aliphatic carbocycles. The van der Waals surface area contributed by atoms with Crippen molar-refractivity contribution in [1.29, 1.82) is 0 Å². The number of benzene rings is 1. The van der Waals surface area contributed by atoms with Crippen LogP contribution in [0.2, 0.25) is 0 Å². The molecule has 3 aromatic rings. The Bertz CT molecular complexity index is 1230. The Kier molecular flexibility index (Phi) is 6.10. The van der Waals surface area contributed by atoms with Crippen LogP contribution in [0.3, 0.4) is 0 Å². The molecule has 1 aliphatic rings. The molecule has 10 heteroatoms. The van der Waals surface area contributed by atoms with Crippen molar-refractivity contribution in [3.8, 4) is 17.0 Å². The lowest BCUT2D eigenvalue weighted by Crippen LogP contribution is -2.38. The summed E-state index contributed by atoms with van der Waals surface area (Å²) in [6.45, 7) is 5.32. The second kappa shape index (κ2) is 8.42. The largest absolute Gasteiger partial charge is 0.495 e. The van der Waals surface area contributed by atoms with E-state index in [1.165, 1.54) is 18.4 Å². The molecular weight excluding hydrogens is 450 g/mol. The number of aliphatic hydroxyl groups is 2. The number of hydrogen-bond acceptors (Lipinski definition) is 7. The first kappa shape index (κ1) is 23.2. The number of fused-ring (bicyclic) bond motifs is 1. The van der Waals surface area contributed by atoms with Gasteiger partial charge in [0.1, 0.15) is 10.6 Å². The van der Waals surface area contributed by atoms with Gasteiger partial charge in [-0.25, -0.2) is 18.1 Å².